The molecule has 2 heterocycles. The Labute approximate surface area is 140 Å². The third-order valence-corrected chi connectivity index (χ3v) is 3.67. The maximum Gasteiger partial charge on any atom is 0.129 e. The molecule has 0 fully saturated rings. The summed E-state index contributed by atoms with van der Waals surface area (Å²) >= 11 is 0. The molecule has 0 N–H and O–H groups in total. The number of benzene rings is 1. The predicted molar refractivity (Wildman–Crippen MR) is 93.6 cm³/mol. The quantitative estimate of drug-likeness (QED) is 0.539. The Balaban J connectivity index is 1.98. The van der Waals surface area contributed by atoms with Gasteiger partial charge in [-0.3, -0.25) is 4.98 Å². The van der Waals surface area contributed by atoms with Gasteiger partial charge in [-0.25, -0.2) is 0 Å². The van der Waals surface area contributed by atoms with Gasteiger partial charge in [0.25, 0.3) is 0 Å². The minimum Gasteiger partial charge on any atom is -0.342 e. The van der Waals surface area contributed by atoms with Crippen molar-refractivity contribution in [1.29, 1.82) is 10.5 Å². The number of pyridine rings is 1. The highest BCUT2D eigenvalue weighted by Crippen LogP contribution is 2.23. The lowest BCUT2D eigenvalue weighted by atomic mass is 10.1. The van der Waals surface area contributed by atoms with Gasteiger partial charge in [0.1, 0.15) is 17.7 Å². The molecule has 0 unspecified atom stereocenters. The van der Waals surface area contributed by atoms with Crippen LogP contribution in [-0.2, 0) is 6.54 Å². The first-order valence-corrected chi connectivity index (χ1v) is 7.47. The zero-order chi connectivity index (χ0) is 16.8. The van der Waals surface area contributed by atoms with Gasteiger partial charge in [-0.05, 0) is 29.3 Å². The number of para-hydroxylation sites is 1. The number of allylic oxidation sites excluding steroid dienone is 3. The Morgan fingerprint density at radius 2 is 1.96 bits per heavy atom. The molecule has 0 atom stereocenters. The molecule has 0 spiro atoms. The predicted octanol–water partition coefficient (Wildman–Crippen LogP) is 4.07. The number of hydrogen-bond acceptors (Lipinski definition) is 3. The van der Waals surface area contributed by atoms with E-state index in [1.165, 1.54) is 6.08 Å². The minimum absolute atomic E-state index is 0.0883. The topological polar surface area (TPSA) is 65.4 Å². The van der Waals surface area contributed by atoms with E-state index in [1.807, 2.05) is 48.7 Å². The Hall–Kier alpha value is -3.63. The van der Waals surface area contributed by atoms with Gasteiger partial charge in [0.2, 0.25) is 0 Å². The van der Waals surface area contributed by atoms with Crippen LogP contribution in [0.25, 0.3) is 17.0 Å². The van der Waals surface area contributed by atoms with E-state index in [0.717, 1.165) is 28.6 Å². The Bertz CT molecular complexity index is 980. The second-order valence-electron chi connectivity index (χ2n) is 5.25. The van der Waals surface area contributed by atoms with Crippen LogP contribution in [-0.4, -0.2) is 9.55 Å². The fraction of sp³-hybridized carbons (Fsp3) is 0.0500. The molecule has 0 saturated carbocycles. The van der Waals surface area contributed by atoms with E-state index in [-0.39, 0.29) is 5.57 Å². The summed E-state index contributed by atoms with van der Waals surface area (Å²) in [6.45, 7) is 0.736. The molecule has 3 rings (SSSR count). The van der Waals surface area contributed by atoms with Crippen molar-refractivity contribution in [3.8, 4) is 12.1 Å². The molecule has 2 aromatic heterocycles. The summed E-state index contributed by atoms with van der Waals surface area (Å²) < 4.78 is 2.17. The molecule has 0 aliphatic carbocycles. The third-order valence-electron chi connectivity index (χ3n) is 3.67. The van der Waals surface area contributed by atoms with Crippen molar-refractivity contribution < 1.29 is 0 Å². The summed E-state index contributed by atoms with van der Waals surface area (Å²) in [6, 6.07) is 15.8. The van der Waals surface area contributed by atoms with Crippen LogP contribution in [0.2, 0.25) is 0 Å². The molecule has 1 aromatic carbocycles. The average Bonchev–Trinajstić information content (AvgIpc) is 2.98. The Morgan fingerprint density at radius 1 is 1.12 bits per heavy atom. The van der Waals surface area contributed by atoms with Gasteiger partial charge in [0, 0.05) is 36.0 Å². The van der Waals surface area contributed by atoms with Crippen molar-refractivity contribution in [1.82, 2.24) is 9.55 Å². The van der Waals surface area contributed by atoms with Crippen LogP contribution in [0.4, 0.5) is 0 Å². The molecule has 3 aromatic rings. The van der Waals surface area contributed by atoms with E-state index in [2.05, 4.69) is 27.9 Å². The first kappa shape index (κ1) is 15.3. The number of nitriles is 2. The Morgan fingerprint density at radius 3 is 2.71 bits per heavy atom. The van der Waals surface area contributed by atoms with Gasteiger partial charge in [0.05, 0.1) is 0 Å². The van der Waals surface area contributed by atoms with E-state index in [4.69, 9.17) is 10.5 Å². The van der Waals surface area contributed by atoms with Crippen LogP contribution >= 0.6 is 0 Å². The number of hydrogen-bond donors (Lipinski definition) is 0. The molecular formula is C20H14N4. The van der Waals surface area contributed by atoms with E-state index in [0.29, 0.717) is 0 Å². The van der Waals surface area contributed by atoms with Gasteiger partial charge in [-0.15, -0.1) is 0 Å². The number of fused-ring (bicyclic) bond motifs is 1. The lowest BCUT2D eigenvalue weighted by Crippen LogP contribution is -1.97. The molecule has 0 bridgehead atoms. The van der Waals surface area contributed by atoms with Crippen molar-refractivity contribution in [3.05, 3.63) is 83.8 Å². The summed E-state index contributed by atoms with van der Waals surface area (Å²) in [4.78, 5) is 4.16. The molecule has 114 valence electrons. The molecule has 4 heteroatoms. The standard InChI is InChI=1S/C20H14N4/c21-11-16(12-22)5-3-7-18-15-24(14-17-6-4-10-23-13-17)20-9-2-1-8-19(18)20/h1-10,13,15H,14H2/b7-3+. The van der Waals surface area contributed by atoms with Crippen LogP contribution in [0.1, 0.15) is 11.1 Å². The second-order valence-corrected chi connectivity index (χ2v) is 5.25. The van der Waals surface area contributed by atoms with Crippen LogP contribution < -0.4 is 0 Å². The summed E-state index contributed by atoms with van der Waals surface area (Å²) in [5.41, 5.74) is 3.39. The van der Waals surface area contributed by atoms with E-state index >= 15 is 0 Å². The molecule has 4 nitrogen and oxygen atoms in total. The summed E-state index contributed by atoms with van der Waals surface area (Å²) in [7, 11) is 0. The summed E-state index contributed by atoms with van der Waals surface area (Å²) in [5, 5.41) is 18.7. The van der Waals surface area contributed by atoms with Crippen LogP contribution in [0, 0.1) is 22.7 Å². The van der Waals surface area contributed by atoms with E-state index in [9.17, 15) is 0 Å². The summed E-state index contributed by atoms with van der Waals surface area (Å²) in [5.74, 6) is 0. The van der Waals surface area contributed by atoms with Gasteiger partial charge < -0.3 is 4.57 Å². The van der Waals surface area contributed by atoms with Crippen LogP contribution in [0.15, 0.2) is 72.7 Å². The SMILES string of the molecule is N#CC(C#N)=C/C=C/c1cn(Cc2cccnc2)c2ccccc12. The van der Waals surface area contributed by atoms with Gasteiger partial charge in [-0.1, -0.05) is 36.4 Å². The molecular weight excluding hydrogens is 296 g/mol. The van der Waals surface area contributed by atoms with E-state index < -0.39 is 0 Å². The molecule has 0 amide bonds. The Kier molecular flexibility index (Phi) is 4.51. The molecule has 0 aliphatic rings. The first-order valence-electron chi connectivity index (χ1n) is 7.47. The molecule has 0 radical (unpaired) electrons. The van der Waals surface area contributed by atoms with Gasteiger partial charge in [0.15, 0.2) is 0 Å². The van der Waals surface area contributed by atoms with Crippen molar-refractivity contribution in [3.63, 3.8) is 0 Å². The second kappa shape index (κ2) is 7.09. The minimum atomic E-state index is 0.0883. The number of rotatable bonds is 4. The van der Waals surface area contributed by atoms with Crippen molar-refractivity contribution in [2.75, 3.05) is 0 Å². The van der Waals surface area contributed by atoms with Crippen molar-refractivity contribution >= 4 is 17.0 Å². The van der Waals surface area contributed by atoms with Crippen LogP contribution in [0.3, 0.4) is 0 Å². The van der Waals surface area contributed by atoms with Crippen molar-refractivity contribution in [2.45, 2.75) is 6.54 Å². The lowest BCUT2D eigenvalue weighted by Gasteiger charge is -2.04. The highest BCUT2D eigenvalue weighted by Gasteiger charge is 2.06. The average molecular weight is 310 g/mol. The summed E-state index contributed by atoms with van der Waals surface area (Å²) in [6.07, 6.45) is 10.9. The number of aromatic nitrogens is 2. The number of nitrogens with zero attached hydrogens (tertiary/aromatic N) is 4. The molecule has 24 heavy (non-hydrogen) atoms. The van der Waals surface area contributed by atoms with Gasteiger partial charge in [-0.2, -0.15) is 10.5 Å². The normalized spacial score (nSPS) is 10.4. The highest BCUT2D eigenvalue weighted by atomic mass is 15.0. The zero-order valence-electron chi connectivity index (χ0n) is 12.9. The van der Waals surface area contributed by atoms with Crippen LogP contribution in [0.5, 0.6) is 0 Å². The monoisotopic (exact) mass is 310 g/mol. The fourth-order valence-corrected chi connectivity index (χ4v) is 2.57. The van der Waals surface area contributed by atoms with Crippen molar-refractivity contribution in [2.24, 2.45) is 0 Å². The lowest BCUT2D eigenvalue weighted by molar-refractivity contribution is 0.831. The van der Waals surface area contributed by atoms with E-state index in [1.54, 1.807) is 12.3 Å². The molecule has 0 aliphatic heterocycles. The van der Waals surface area contributed by atoms with Gasteiger partial charge >= 0.3 is 0 Å². The maximum atomic E-state index is 8.78. The largest absolute Gasteiger partial charge is 0.342 e. The fourth-order valence-electron chi connectivity index (χ4n) is 2.57. The molecule has 0 saturated heterocycles. The highest BCUT2D eigenvalue weighted by molar-refractivity contribution is 5.89. The maximum absolute atomic E-state index is 8.78. The first-order chi connectivity index (χ1) is 11.8. The third kappa shape index (κ3) is 3.24. The smallest absolute Gasteiger partial charge is 0.129 e. The zero-order valence-corrected chi connectivity index (χ0v) is 12.9.